The van der Waals surface area contributed by atoms with Crippen LogP contribution in [-0.4, -0.2) is 15.9 Å². The van der Waals surface area contributed by atoms with Crippen LogP contribution in [0.5, 0.6) is 0 Å². The Hall–Kier alpha value is -3.35. The van der Waals surface area contributed by atoms with Crippen molar-refractivity contribution < 1.29 is 13.6 Å². The van der Waals surface area contributed by atoms with Crippen molar-refractivity contribution in [3.05, 3.63) is 77.1 Å². The Balaban J connectivity index is 1.82. The molecule has 138 valence electrons. The Morgan fingerprint density at radius 2 is 1.70 bits per heavy atom. The molecule has 0 spiro atoms. The lowest BCUT2D eigenvalue weighted by Gasteiger charge is -2.10. The van der Waals surface area contributed by atoms with E-state index in [4.69, 9.17) is 0 Å². The van der Waals surface area contributed by atoms with Crippen molar-refractivity contribution in [2.45, 2.75) is 20.3 Å². The summed E-state index contributed by atoms with van der Waals surface area (Å²) in [5.41, 5.74) is 1.99. The predicted molar refractivity (Wildman–Crippen MR) is 100 cm³/mol. The van der Waals surface area contributed by atoms with Gasteiger partial charge in [-0.3, -0.25) is 4.79 Å². The van der Waals surface area contributed by atoms with E-state index >= 15 is 0 Å². The summed E-state index contributed by atoms with van der Waals surface area (Å²) in [4.78, 5) is 20.8. The Morgan fingerprint density at radius 1 is 1.04 bits per heavy atom. The second-order valence-electron chi connectivity index (χ2n) is 5.94. The molecule has 2 N–H and O–H groups in total. The zero-order chi connectivity index (χ0) is 19.4. The lowest BCUT2D eigenvalue weighted by atomic mass is 10.1. The molecule has 0 aliphatic heterocycles. The number of rotatable bonds is 5. The largest absolute Gasteiger partial charge is 0.324 e. The fraction of sp³-hybridized carbons (Fsp3) is 0.150. The maximum atomic E-state index is 13.7. The average molecular weight is 368 g/mol. The summed E-state index contributed by atoms with van der Waals surface area (Å²) in [5.74, 6) is -2.22. The topological polar surface area (TPSA) is 66.9 Å². The lowest BCUT2D eigenvalue weighted by Crippen LogP contribution is -2.17. The lowest BCUT2D eigenvalue weighted by molar-refractivity contribution is 0.102. The Kier molecular flexibility index (Phi) is 5.40. The molecule has 0 bridgehead atoms. The van der Waals surface area contributed by atoms with Crippen molar-refractivity contribution >= 4 is 23.2 Å². The van der Waals surface area contributed by atoms with Crippen molar-refractivity contribution in [1.29, 1.82) is 0 Å². The first-order valence-electron chi connectivity index (χ1n) is 8.43. The Morgan fingerprint density at radius 3 is 2.33 bits per heavy atom. The number of amides is 1. The van der Waals surface area contributed by atoms with Gasteiger partial charge in [0.25, 0.3) is 5.91 Å². The average Bonchev–Trinajstić information content (AvgIpc) is 2.65. The molecule has 1 amide bonds. The van der Waals surface area contributed by atoms with Gasteiger partial charge in [-0.05, 0) is 49.2 Å². The van der Waals surface area contributed by atoms with E-state index < -0.39 is 23.2 Å². The molecular weight excluding hydrogens is 350 g/mol. The maximum Gasteiger partial charge on any atom is 0.274 e. The molecule has 1 heterocycles. The number of hydrogen-bond acceptors (Lipinski definition) is 4. The summed E-state index contributed by atoms with van der Waals surface area (Å²) in [6.45, 7) is 3.77. The molecule has 0 saturated heterocycles. The molecule has 0 aliphatic carbocycles. The fourth-order valence-electron chi connectivity index (χ4n) is 2.49. The third-order valence-electron chi connectivity index (χ3n) is 3.91. The fourth-order valence-corrected chi connectivity index (χ4v) is 2.49. The number of halogens is 2. The highest BCUT2D eigenvalue weighted by Crippen LogP contribution is 2.20. The van der Waals surface area contributed by atoms with Gasteiger partial charge in [-0.25, -0.2) is 18.7 Å². The molecule has 0 radical (unpaired) electrons. The van der Waals surface area contributed by atoms with Gasteiger partial charge in [0.2, 0.25) is 5.95 Å². The van der Waals surface area contributed by atoms with Gasteiger partial charge in [0.1, 0.15) is 23.0 Å². The van der Waals surface area contributed by atoms with Gasteiger partial charge >= 0.3 is 0 Å². The third kappa shape index (κ3) is 4.44. The van der Waals surface area contributed by atoms with E-state index in [1.807, 2.05) is 24.3 Å². The summed E-state index contributed by atoms with van der Waals surface area (Å²) < 4.78 is 27.5. The van der Waals surface area contributed by atoms with Gasteiger partial charge < -0.3 is 10.6 Å². The minimum Gasteiger partial charge on any atom is -0.324 e. The molecule has 1 aromatic heterocycles. The summed E-state index contributed by atoms with van der Waals surface area (Å²) >= 11 is 0. The van der Waals surface area contributed by atoms with Gasteiger partial charge in [0.05, 0.1) is 0 Å². The van der Waals surface area contributed by atoms with E-state index in [1.54, 1.807) is 6.92 Å². The molecular formula is C20H18F2N4O. The third-order valence-corrected chi connectivity index (χ3v) is 3.91. The van der Waals surface area contributed by atoms with Crippen LogP contribution in [0.4, 0.5) is 26.1 Å². The van der Waals surface area contributed by atoms with Crippen LogP contribution in [0.3, 0.4) is 0 Å². The van der Waals surface area contributed by atoms with Crippen molar-refractivity contribution in [1.82, 2.24) is 9.97 Å². The van der Waals surface area contributed by atoms with E-state index in [-0.39, 0.29) is 11.6 Å². The number of nitrogens with zero attached hydrogens (tertiary/aromatic N) is 2. The van der Waals surface area contributed by atoms with Gasteiger partial charge in [0.15, 0.2) is 0 Å². The molecule has 3 aromatic rings. The number of nitrogens with one attached hydrogen (secondary N) is 2. The minimum absolute atomic E-state index is 0.00201. The second-order valence-corrected chi connectivity index (χ2v) is 5.94. The van der Waals surface area contributed by atoms with Gasteiger partial charge in [-0.2, -0.15) is 0 Å². The van der Waals surface area contributed by atoms with Crippen LogP contribution in [-0.2, 0) is 6.42 Å². The highest BCUT2D eigenvalue weighted by molar-refractivity contribution is 6.03. The minimum atomic E-state index is -0.858. The van der Waals surface area contributed by atoms with Crippen LogP contribution in [0.1, 0.15) is 28.7 Å². The van der Waals surface area contributed by atoms with Crippen LogP contribution < -0.4 is 10.6 Å². The van der Waals surface area contributed by atoms with Crippen molar-refractivity contribution in [2.75, 3.05) is 10.6 Å². The Bertz CT molecular complexity index is 954. The van der Waals surface area contributed by atoms with E-state index in [2.05, 4.69) is 27.5 Å². The molecule has 5 nitrogen and oxygen atoms in total. The van der Waals surface area contributed by atoms with Crippen molar-refractivity contribution in [3.63, 3.8) is 0 Å². The van der Waals surface area contributed by atoms with Crippen LogP contribution in [0, 0.1) is 18.6 Å². The van der Waals surface area contributed by atoms with Crippen LogP contribution in [0.2, 0.25) is 0 Å². The number of aryl methyl sites for hydroxylation is 2. The maximum absolute atomic E-state index is 13.7. The number of benzene rings is 2. The van der Waals surface area contributed by atoms with E-state index in [0.717, 1.165) is 24.2 Å². The predicted octanol–water partition coefficient (Wildman–Crippen LogP) is 4.62. The first-order valence-corrected chi connectivity index (χ1v) is 8.43. The van der Waals surface area contributed by atoms with Crippen LogP contribution >= 0.6 is 0 Å². The number of anilines is 3. The molecule has 0 saturated carbocycles. The SMILES string of the molecule is CCc1ccc(Nc2nc(C)cc(C(=O)Nc3c(F)cccc3F)n2)cc1. The van der Waals surface area contributed by atoms with Crippen molar-refractivity contribution in [3.8, 4) is 0 Å². The standard InChI is InChI=1S/C20H18F2N4O/c1-3-13-7-9-14(10-8-13)24-20-23-12(2)11-17(25-20)19(27)26-18-15(21)5-4-6-16(18)22/h4-11H,3H2,1-2H3,(H,26,27)(H,23,24,25). The molecule has 0 unspecified atom stereocenters. The normalized spacial score (nSPS) is 10.5. The second kappa shape index (κ2) is 7.90. The van der Waals surface area contributed by atoms with Gasteiger partial charge in [-0.15, -0.1) is 0 Å². The summed E-state index contributed by atoms with van der Waals surface area (Å²) in [5, 5.41) is 5.25. The number of para-hydroxylation sites is 1. The molecule has 7 heteroatoms. The summed E-state index contributed by atoms with van der Waals surface area (Å²) in [6, 6.07) is 12.5. The van der Waals surface area contributed by atoms with Gasteiger partial charge in [-0.1, -0.05) is 25.1 Å². The number of aromatic nitrogens is 2. The monoisotopic (exact) mass is 368 g/mol. The molecule has 27 heavy (non-hydrogen) atoms. The highest BCUT2D eigenvalue weighted by Gasteiger charge is 2.16. The molecule has 3 rings (SSSR count). The van der Waals surface area contributed by atoms with E-state index in [9.17, 15) is 13.6 Å². The quantitative estimate of drug-likeness (QED) is 0.689. The van der Waals surface area contributed by atoms with Crippen LogP contribution in [0.25, 0.3) is 0 Å². The molecule has 2 aromatic carbocycles. The number of carbonyl (C=O) groups is 1. The molecule has 0 fully saturated rings. The summed E-state index contributed by atoms with van der Waals surface area (Å²) in [7, 11) is 0. The number of carbonyl (C=O) groups excluding carboxylic acids is 1. The summed E-state index contributed by atoms with van der Waals surface area (Å²) in [6.07, 6.45) is 0.929. The molecule has 0 aliphatic rings. The Labute approximate surface area is 155 Å². The van der Waals surface area contributed by atoms with Gasteiger partial charge in [0, 0.05) is 11.4 Å². The smallest absolute Gasteiger partial charge is 0.274 e. The zero-order valence-corrected chi connectivity index (χ0v) is 14.9. The van der Waals surface area contributed by atoms with Crippen LogP contribution in [0.15, 0.2) is 48.5 Å². The molecule has 0 atom stereocenters. The zero-order valence-electron chi connectivity index (χ0n) is 14.9. The first kappa shape index (κ1) is 18.4. The van der Waals surface area contributed by atoms with E-state index in [1.165, 1.54) is 17.7 Å². The first-order chi connectivity index (χ1) is 13.0. The van der Waals surface area contributed by atoms with Crippen molar-refractivity contribution in [2.24, 2.45) is 0 Å². The highest BCUT2D eigenvalue weighted by atomic mass is 19.1. The van der Waals surface area contributed by atoms with E-state index in [0.29, 0.717) is 5.69 Å². The number of hydrogen-bond donors (Lipinski definition) is 2.